The summed E-state index contributed by atoms with van der Waals surface area (Å²) < 4.78 is 6.28. The van der Waals surface area contributed by atoms with E-state index in [0.29, 0.717) is 12.3 Å². The number of anilines is 2. The first kappa shape index (κ1) is 16.9. The van der Waals surface area contributed by atoms with Gasteiger partial charge < -0.3 is 10.1 Å². The van der Waals surface area contributed by atoms with Gasteiger partial charge in [-0.2, -0.15) is 0 Å². The van der Waals surface area contributed by atoms with Gasteiger partial charge in [-0.15, -0.1) is 0 Å². The Hall–Kier alpha value is -1.99. The molecule has 3 rings (SSSR count). The van der Waals surface area contributed by atoms with Crippen molar-refractivity contribution >= 4 is 50.2 Å². The summed E-state index contributed by atoms with van der Waals surface area (Å²) in [7, 11) is 0. The van der Waals surface area contributed by atoms with Crippen LogP contribution < -0.4 is 15.0 Å². The monoisotopic (exact) mass is 406 g/mol. The number of imide groups is 1. The molecule has 0 radical (unpaired) electrons. The summed E-state index contributed by atoms with van der Waals surface area (Å²) in [4.78, 5) is 26.0. The van der Waals surface area contributed by atoms with Gasteiger partial charge >= 0.3 is 0 Å². The van der Waals surface area contributed by atoms with Crippen molar-refractivity contribution in [1.82, 2.24) is 0 Å². The first-order chi connectivity index (χ1) is 11.6. The number of ether oxygens (including phenoxy) is 1. The average Bonchev–Trinajstić information content (AvgIpc) is 2.85. The lowest BCUT2D eigenvalue weighted by Gasteiger charge is -2.15. The molecule has 1 heterocycles. The normalized spacial score (nSPS) is 17.2. The standard InChI is InChI=1S/C17H15BrN2O3S/c1-2-23-14-9-5-12(6-10-14)19-15-16(21)20(17(22)24-15)13-7-3-11(18)4-8-13/h3-10,15,19H,2H2,1H3. The predicted molar refractivity (Wildman–Crippen MR) is 99.6 cm³/mol. The number of nitrogens with zero attached hydrogens (tertiary/aromatic N) is 1. The SMILES string of the molecule is CCOc1ccc(NC2SC(=O)N(c3ccc(Br)cc3)C2=O)cc1. The van der Waals surface area contributed by atoms with Gasteiger partial charge in [0.05, 0.1) is 12.3 Å². The highest BCUT2D eigenvalue weighted by Gasteiger charge is 2.40. The molecular formula is C17H15BrN2O3S. The van der Waals surface area contributed by atoms with E-state index in [4.69, 9.17) is 4.74 Å². The highest BCUT2D eigenvalue weighted by atomic mass is 79.9. The Morgan fingerprint density at radius 2 is 1.79 bits per heavy atom. The fourth-order valence-corrected chi connectivity index (χ4v) is 3.46. The molecule has 7 heteroatoms. The first-order valence-corrected chi connectivity index (χ1v) is 9.05. The summed E-state index contributed by atoms with van der Waals surface area (Å²) >= 11 is 4.31. The topological polar surface area (TPSA) is 58.6 Å². The van der Waals surface area contributed by atoms with Gasteiger partial charge in [0, 0.05) is 10.2 Å². The van der Waals surface area contributed by atoms with Crippen molar-refractivity contribution in [1.29, 1.82) is 0 Å². The van der Waals surface area contributed by atoms with E-state index in [2.05, 4.69) is 21.2 Å². The third-order valence-corrected chi connectivity index (χ3v) is 4.86. The quantitative estimate of drug-likeness (QED) is 0.792. The highest BCUT2D eigenvalue weighted by molar-refractivity contribution is 9.10. The van der Waals surface area contributed by atoms with Crippen LogP contribution >= 0.6 is 27.7 Å². The number of hydrogen-bond acceptors (Lipinski definition) is 5. The van der Waals surface area contributed by atoms with E-state index in [0.717, 1.165) is 27.7 Å². The zero-order valence-corrected chi connectivity index (χ0v) is 15.3. The number of halogens is 1. The minimum Gasteiger partial charge on any atom is -0.494 e. The Labute approximate surface area is 152 Å². The van der Waals surface area contributed by atoms with Crippen LogP contribution in [-0.2, 0) is 4.79 Å². The van der Waals surface area contributed by atoms with Crippen LogP contribution in [0.15, 0.2) is 53.0 Å². The van der Waals surface area contributed by atoms with Crippen molar-refractivity contribution in [2.75, 3.05) is 16.8 Å². The van der Waals surface area contributed by atoms with Crippen LogP contribution in [0.4, 0.5) is 16.2 Å². The Balaban J connectivity index is 1.72. The molecule has 1 N–H and O–H groups in total. The van der Waals surface area contributed by atoms with Crippen molar-refractivity contribution in [2.24, 2.45) is 0 Å². The number of rotatable bonds is 5. The number of hydrogen-bond donors (Lipinski definition) is 1. The number of benzene rings is 2. The molecule has 24 heavy (non-hydrogen) atoms. The molecule has 1 fully saturated rings. The Morgan fingerprint density at radius 3 is 2.42 bits per heavy atom. The lowest BCUT2D eigenvalue weighted by molar-refractivity contribution is -0.116. The third kappa shape index (κ3) is 3.57. The van der Waals surface area contributed by atoms with E-state index in [1.165, 1.54) is 4.90 Å². The van der Waals surface area contributed by atoms with Crippen LogP contribution in [0.25, 0.3) is 0 Å². The lowest BCUT2D eigenvalue weighted by atomic mass is 10.3. The molecule has 0 saturated carbocycles. The summed E-state index contributed by atoms with van der Waals surface area (Å²) in [6.45, 7) is 2.52. The summed E-state index contributed by atoms with van der Waals surface area (Å²) in [6.07, 6.45) is 0. The van der Waals surface area contributed by atoms with E-state index in [-0.39, 0.29) is 11.1 Å². The van der Waals surface area contributed by atoms with Crippen molar-refractivity contribution in [3.63, 3.8) is 0 Å². The van der Waals surface area contributed by atoms with E-state index >= 15 is 0 Å². The molecule has 1 saturated heterocycles. The summed E-state index contributed by atoms with van der Waals surface area (Å²) in [6, 6.07) is 14.4. The molecule has 0 aromatic heterocycles. The molecule has 1 aliphatic rings. The molecule has 0 spiro atoms. The average molecular weight is 407 g/mol. The maximum atomic E-state index is 12.6. The van der Waals surface area contributed by atoms with Crippen molar-refractivity contribution in [3.05, 3.63) is 53.0 Å². The van der Waals surface area contributed by atoms with Gasteiger partial charge in [0.1, 0.15) is 5.75 Å². The molecule has 1 atom stereocenters. The molecule has 5 nitrogen and oxygen atoms in total. The lowest BCUT2D eigenvalue weighted by Crippen LogP contribution is -2.34. The molecule has 2 amide bonds. The van der Waals surface area contributed by atoms with Crippen LogP contribution in [-0.4, -0.2) is 23.1 Å². The summed E-state index contributed by atoms with van der Waals surface area (Å²) in [5, 5.41) is 2.16. The molecular weight excluding hydrogens is 392 g/mol. The molecule has 0 aliphatic carbocycles. The van der Waals surface area contributed by atoms with Gasteiger partial charge in [0.2, 0.25) is 0 Å². The molecule has 124 valence electrons. The second-order valence-corrected chi connectivity index (χ2v) is 6.99. The maximum absolute atomic E-state index is 12.6. The number of thioether (sulfide) groups is 1. The van der Waals surface area contributed by atoms with Crippen LogP contribution in [0, 0.1) is 0 Å². The fraction of sp³-hybridized carbons (Fsp3) is 0.176. The van der Waals surface area contributed by atoms with Crippen LogP contribution in [0.5, 0.6) is 5.75 Å². The summed E-state index contributed by atoms with van der Waals surface area (Å²) in [5.41, 5.74) is 1.33. The zero-order chi connectivity index (χ0) is 17.1. The highest BCUT2D eigenvalue weighted by Crippen LogP contribution is 2.33. The predicted octanol–water partition coefficient (Wildman–Crippen LogP) is 4.49. The van der Waals surface area contributed by atoms with Crippen LogP contribution in [0.1, 0.15) is 6.92 Å². The Morgan fingerprint density at radius 1 is 1.12 bits per heavy atom. The van der Waals surface area contributed by atoms with Crippen molar-refractivity contribution in [2.45, 2.75) is 12.3 Å². The van der Waals surface area contributed by atoms with Gasteiger partial charge in [-0.3, -0.25) is 9.59 Å². The van der Waals surface area contributed by atoms with Gasteiger partial charge in [-0.25, -0.2) is 4.90 Å². The van der Waals surface area contributed by atoms with Gasteiger partial charge in [-0.1, -0.05) is 15.9 Å². The molecule has 2 aromatic rings. The van der Waals surface area contributed by atoms with E-state index in [9.17, 15) is 9.59 Å². The van der Waals surface area contributed by atoms with Crippen molar-refractivity contribution < 1.29 is 14.3 Å². The van der Waals surface area contributed by atoms with E-state index < -0.39 is 5.37 Å². The number of carbonyl (C=O) groups is 2. The van der Waals surface area contributed by atoms with E-state index in [1.54, 1.807) is 24.3 Å². The van der Waals surface area contributed by atoms with Crippen LogP contribution in [0.3, 0.4) is 0 Å². The maximum Gasteiger partial charge on any atom is 0.295 e. The third-order valence-electron chi connectivity index (χ3n) is 3.39. The second-order valence-electron chi connectivity index (χ2n) is 5.02. The van der Waals surface area contributed by atoms with Gasteiger partial charge in [0.15, 0.2) is 5.37 Å². The minimum absolute atomic E-state index is 0.277. The second kappa shape index (κ2) is 7.27. The number of amides is 2. The van der Waals surface area contributed by atoms with Gasteiger partial charge in [0.25, 0.3) is 11.1 Å². The molecule has 2 aromatic carbocycles. The zero-order valence-electron chi connectivity index (χ0n) is 12.9. The minimum atomic E-state index is -0.640. The number of carbonyl (C=O) groups excluding carboxylic acids is 2. The molecule has 1 unspecified atom stereocenters. The summed E-state index contributed by atoms with van der Waals surface area (Å²) in [5.74, 6) is 0.488. The van der Waals surface area contributed by atoms with Gasteiger partial charge in [-0.05, 0) is 67.2 Å². The van der Waals surface area contributed by atoms with Crippen molar-refractivity contribution in [3.8, 4) is 5.75 Å². The fourth-order valence-electron chi connectivity index (χ4n) is 2.29. The Bertz CT molecular complexity index is 749. The molecule has 1 aliphatic heterocycles. The largest absolute Gasteiger partial charge is 0.494 e. The first-order valence-electron chi connectivity index (χ1n) is 7.38. The molecule has 0 bridgehead atoms. The number of nitrogens with one attached hydrogen (secondary N) is 1. The smallest absolute Gasteiger partial charge is 0.295 e. The van der Waals surface area contributed by atoms with E-state index in [1.807, 2.05) is 31.2 Å². The Kier molecular flexibility index (Phi) is 5.11. The van der Waals surface area contributed by atoms with Crippen LogP contribution in [0.2, 0.25) is 0 Å².